The number of carbonyl (C=O) groups is 1. The van der Waals surface area contributed by atoms with Crippen molar-refractivity contribution in [2.24, 2.45) is 0 Å². The molecule has 1 aliphatic heterocycles. The number of rotatable bonds is 4. The second-order valence-corrected chi connectivity index (χ2v) is 8.44. The highest BCUT2D eigenvalue weighted by molar-refractivity contribution is 7.92. The van der Waals surface area contributed by atoms with Crippen molar-refractivity contribution in [1.29, 1.82) is 0 Å². The van der Waals surface area contributed by atoms with Gasteiger partial charge in [0.25, 0.3) is 0 Å². The van der Waals surface area contributed by atoms with Crippen molar-refractivity contribution < 1.29 is 18.3 Å². The summed E-state index contributed by atoms with van der Waals surface area (Å²) in [6.07, 6.45) is 2.66. The maximum absolute atomic E-state index is 12.8. The molecule has 1 saturated carbocycles. The zero-order valence-electron chi connectivity index (χ0n) is 12.0. The van der Waals surface area contributed by atoms with Crippen LogP contribution in [0.2, 0.25) is 5.02 Å². The van der Waals surface area contributed by atoms with Gasteiger partial charge in [0.2, 0.25) is 0 Å². The number of nitrogens with zero attached hydrogens (tertiary/aromatic N) is 1. The van der Waals surface area contributed by atoms with Crippen LogP contribution in [0.4, 0.5) is 0 Å². The molecule has 0 radical (unpaired) electrons. The van der Waals surface area contributed by atoms with Gasteiger partial charge < -0.3 is 5.11 Å². The Morgan fingerprint density at radius 3 is 2.55 bits per heavy atom. The van der Waals surface area contributed by atoms with Crippen LogP contribution in [0.3, 0.4) is 0 Å². The predicted molar refractivity (Wildman–Crippen MR) is 82.8 cm³/mol. The van der Waals surface area contributed by atoms with Crippen molar-refractivity contribution >= 4 is 27.4 Å². The van der Waals surface area contributed by atoms with Gasteiger partial charge in [-0.1, -0.05) is 23.7 Å². The summed E-state index contributed by atoms with van der Waals surface area (Å²) in [6.45, 7) is 0.649. The molecule has 120 valence electrons. The van der Waals surface area contributed by atoms with Gasteiger partial charge in [-0.25, -0.2) is 8.42 Å². The highest BCUT2D eigenvalue weighted by Crippen LogP contribution is 2.39. The van der Waals surface area contributed by atoms with Gasteiger partial charge in [-0.2, -0.15) is 0 Å². The molecular weight excluding hydrogens is 326 g/mol. The van der Waals surface area contributed by atoms with Crippen LogP contribution in [0.1, 0.15) is 25.7 Å². The molecule has 1 saturated heterocycles. The zero-order chi connectivity index (χ0) is 15.9. The molecule has 0 spiro atoms. The minimum Gasteiger partial charge on any atom is -0.480 e. The Bertz CT molecular complexity index is 691. The van der Waals surface area contributed by atoms with E-state index in [2.05, 4.69) is 0 Å². The molecule has 7 heteroatoms. The highest BCUT2D eigenvalue weighted by Gasteiger charge is 2.49. The lowest BCUT2D eigenvalue weighted by Crippen LogP contribution is -2.56. The first-order valence-electron chi connectivity index (χ1n) is 7.40. The van der Waals surface area contributed by atoms with Crippen molar-refractivity contribution in [3.63, 3.8) is 0 Å². The van der Waals surface area contributed by atoms with E-state index in [-0.39, 0.29) is 16.0 Å². The molecule has 3 atom stereocenters. The molecular formula is C15H18ClNO4S. The van der Waals surface area contributed by atoms with E-state index in [1.54, 1.807) is 18.2 Å². The Morgan fingerprint density at radius 2 is 1.95 bits per heavy atom. The molecule has 0 amide bonds. The molecule has 1 N–H and O–H groups in total. The Morgan fingerprint density at radius 1 is 1.23 bits per heavy atom. The Labute approximate surface area is 134 Å². The van der Waals surface area contributed by atoms with E-state index in [0.717, 1.165) is 12.8 Å². The quantitative estimate of drug-likeness (QED) is 0.907. The lowest BCUT2D eigenvalue weighted by molar-refractivity contribution is -0.143. The van der Waals surface area contributed by atoms with E-state index in [4.69, 9.17) is 11.6 Å². The van der Waals surface area contributed by atoms with Gasteiger partial charge in [-0.05, 0) is 44.4 Å². The SMILES string of the molecule is O=C(O)C1CCCN1C1CC[C@H]1S(=O)(=O)c1ccccc1Cl. The number of benzene rings is 1. The summed E-state index contributed by atoms with van der Waals surface area (Å²) in [7, 11) is -3.54. The fraction of sp³-hybridized carbons (Fsp3) is 0.533. The van der Waals surface area contributed by atoms with Gasteiger partial charge in [0, 0.05) is 6.04 Å². The molecule has 1 aromatic carbocycles. The van der Waals surface area contributed by atoms with Crippen LogP contribution in [0.15, 0.2) is 29.2 Å². The molecule has 0 bridgehead atoms. The Hall–Kier alpha value is -1.11. The highest BCUT2D eigenvalue weighted by atomic mass is 35.5. The third kappa shape index (κ3) is 2.53. The number of carboxylic acid groups (broad SMARTS) is 1. The Kier molecular flexibility index (Phi) is 4.18. The molecule has 1 aliphatic carbocycles. The van der Waals surface area contributed by atoms with Crippen LogP contribution in [0, 0.1) is 0 Å². The van der Waals surface area contributed by atoms with Gasteiger partial charge >= 0.3 is 5.97 Å². The summed E-state index contributed by atoms with van der Waals surface area (Å²) in [6, 6.07) is 5.66. The number of likely N-dealkylation sites (tertiary alicyclic amines) is 1. The fourth-order valence-electron chi connectivity index (χ4n) is 3.48. The average molecular weight is 344 g/mol. The first-order valence-corrected chi connectivity index (χ1v) is 9.32. The van der Waals surface area contributed by atoms with Crippen molar-refractivity contribution in [1.82, 2.24) is 4.90 Å². The fourth-order valence-corrected chi connectivity index (χ4v) is 6.03. The van der Waals surface area contributed by atoms with Crippen molar-refractivity contribution in [3.8, 4) is 0 Å². The van der Waals surface area contributed by atoms with E-state index in [1.807, 2.05) is 4.90 Å². The summed E-state index contributed by atoms with van der Waals surface area (Å²) >= 11 is 6.03. The topological polar surface area (TPSA) is 74.7 Å². The minimum absolute atomic E-state index is 0.150. The number of carboxylic acids is 1. The normalized spacial score (nSPS) is 29.2. The molecule has 22 heavy (non-hydrogen) atoms. The first kappa shape index (κ1) is 15.8. The maximum atomic E-state index is 12.8. The van der Waals surface area contributed by atoms with E-state index < -0.39 is 27.1 Å². The lowest BCUT2D eigenvalue weighted by atomic mass is 9.90. The van der Waals surface area contributed by atoms with Crippen molar-refractivity contribution in [2.75, 3.05) is 6.54 Å². The zero-order valence-corrected chi connectivity index (χ0v) is 13.6. The predicted octanol–water partition coefficient (Wildman–Crippen LogP) is 2.19. The molecule has 0 aromatic heterocycles. The third-order valence-corrected chi connectivity index (χ3v) is 7.48. The smallest absolute Gasteiger partial charge is 0.320 e. The number of hydrogen-bond acceptors (Lipinski definition) is 4. The van der Waals surface area contributed by atoms with Crippen molar-refractivity contribution in [2.45, 2.75) is 47.9 Å². The van der Waals surface area contributed by atoms with Crippen LogP contribution >= 0.6 is 11.6 Å². The van der Waals surface area contributed by atoms with Crippen LogP contribution in [0.25, 0.3) is 0 Å². The van der Waals surface area contributed by atoms with Crippen LogP contribution in [-0.4, -0.2) is 48.3 Å². The summed E-state index contributed by atoms with van der Waals surface area (Å²) < 4.78 is 25.6. The van der Waals surface area contributed by atoms with E-state index in [0.29, 0.717) is 19.4 Å². The number of sulfone groups is 1. The first-order chi connectivity index (χ1) is 10.4. The van der Waals surface area contributed by atoms with Gasteiger partial charge in [-0.3, -0.25) is 9.69 Å². The number of halogens is 1. The average Bonchev–Trinajstić information content (AvgIpc) is 2.86. The second-order valence-electron chi connectivity index (χ2n) is 5.89. The summed E-state index contributed by atoms with van der Waals surface area (Å²) in [5.41, 5.74) is 0. The molecule has 1 heterocycles. The monoisotopic (exact) mass is 343 g/mol. The molecule has 2 aliphatic rings. The molecule has 1 aromatic rings. The molecule has 2 unspecified atom stereocenters. The van der Waals surface area contributed by atoms with E-state index in [1.165, 1.54) is 6.07 Å². The second kappa shape index (κ2) is 5.83. The van der Waals surface area contributed by atoms with Gasteiger partial charge in [0.1, 0.15) is 6.04 Å². The Balaban J connectivity index is 1.87. The van der Waals surface area contributed by atoms with Gasteiger partial charge in [-0.15, -0.1) is 0 Å². The number of aliphatic carboxylic acids is 1. The van der Waals surface area contributed by atoms with Crippen LogP contribution in [0.5, 0.6) is 0 Å². The molecule has 2 fully saturated rings. The van der Waals surface area contributed by atoms with Crippen LogP contribution < -0.4 is 0 Å². The summed E-state index contributed by atoms with van der Waals surface area (Å²) in [5, 5.41) is 8.95. The molecule has 5 nitrogen and oxygen atoms in total. The maximum Gasteiger partial charge on any atom is 0.320 e. The van der Waals surface area contributed by atoms with Gasteiger partial charge in [0.05, 0.1) is 15.2 Å². The van der Waals surface area contributed by atoms with E-state index >= 15 is 0 Å². The molecule has 3 rings (SSSR count). The standard InChI is InChI=1S/C15H18ClNO4S/c16-10-4-1-2-6-13(10)22(20,21)14-8-7-11(14)17-9-3-5-12(17)15(18)19/h1-2,4,6,11-12,14H,3,5,7-9H2,(H,18,19)/t11?,12?,14-/m1/s1. The van der Waals surface area contributed by atoms with Gasteiger partial charge in [0.15, 0.2) is 9.84 Å². The summed E-state index contributed by atoms with van der Waals surface area (Å²) in [5.74, 6) is -0.863. The van der Waals surface area contributed by atoms with Crippen molar-refractivity contribution in [3.05, 3.63) is 29.3 Å². The lowest BCUT2D eigenvalue weighted by Gasteiger charge is -2.43. The third-order valence-electron chi connectivity index (χ3n) is 4.72. The van der Waals surface area contributed by atoms with Crippen LogP contribution in [-0.2, 0) is 14.6 Å². The summed E-state index contributed by atoms with van der Waals surface area (Å²) in [4.78, 5) is 13.3. The minimum atomic E-state index is -3.54. The number of hydrogen-bond donors (Lipinski definition) is 1. The van der Waals surface area contributed by atoms with E-state index in [9.17, 15) is 18.3 Å². The largest absolute Gasteiger partial charge is 0.480 e.